The summed E-state index contributed by atoms with van der Waals surface area (Å²) in [7, 11) is 0. The van der Waals surface area contributed by atoms with E-state index in [9.17, 15) is 15.2 Å². The predicted octanol–water partition coefficient (Wildman–Crippen LogP) is 2.34. The molecular weight excluding hydrogens is 334 g/mol. The molecule has 0 unspecified atom stereocenters. The first-order valence-corrected chi connectivity index (χ1v) is 8.37. The van der Waals surface area contributed by atoms with Crippen molar-refractivity contribution in [2.45, 2.75) is 6.92 Å². The minimum atomic E-state index is -0.612. The van der Waals surface area contributed by atoms with Gasteiger partial charge in [-0.15, -0.1) is 0 Å². The van der Waals surface area contributed by atoms with Gasteiger partial charge in [0.15, 0.2) is 0 Å². The third kappa shape index (κ3) is 3.60. The molecule has 1 aliphatic rings. The number of morpholine rings is 1. The van der Waals surface area contributed by atoms with Crippen molar-refractivity contribution < 1.29 is 19.4 Å². The molecule has 1 N–H and O–H groups in total. The van der Waals surface area contributed by atoms with Gasteiger partial charge in [0.25, 0.3) is 0 Å². The monoisotopic (exact) mass is 353 g/mol. The van der Waals surface area contributed by atoms with Crippen LogP contribution in [-0.4, -0.2) is 49.0 Å². The van der Waals surface area contributed by atoms with Gasteiger partial charge in [-0.3, -0.25) is 4.98 Å². The Morgan fingerprint density at radius 3 is 2.85 bits per heavy atom. The molecule has 7 nitrogen and oxygen atoms in total. The van der Waals surface area contributed by atoms with Crippen LogP contribution < -0.4 is 4.90 Å². The molecule has 1 aromatic carbocycles. The molecule has 0 bridgehead atoms. The standard InChI is InChI=1S/C19H19N3O4/c1-2-26-19(24)15-10-16(21-12-18(15)23)13-3-4-17(14(9-13)11-20)22-5-7-25-8-6-22/h3-4,9-10,12,23H,2,5-8H2,1H3. The van der Waals surface area contributed by atoms with Crippen LogP contribution in [0.2, 0.25) is 0 Å². The zero-order valence-corrected chi connectivity index (χ0v) is 14.4. The van der Waals surface area contributed by atoms with Crippen molar-refractivity contribution in [3.8, 4) is 23.1 Å². The molecule has 26 heavy (non-hydrogen) atoms. The largest absolute Gasteiger partial charge is 0.505 e. The second-order valence-electron chi connectivity index (χ2n) is 5.75. The number of aromatic nitrogens is 1. The van der Waals surface area contributed by atoms with Gasteiger partial charge in [0.1, 0.15) is 17.4 Å². The van der Waals surface area contributed by atoms with E-state index in [2.05, 4.69) is 16.0 Å². The van der Waals surface area contributed by atoms with Gasteiger partial charge < -0.3 is 19.5 Å². The van der Waals surface area contributed by atoms with E-state index in [1.165, 1.54) is 12.3 Å². The van der Waals surface area contributed by atoms with E-state index in [1.54, 1.807) is 13.0 Å². The van der Waals surface area contributed by atoms with Crippen LogP contribution in [0, 0.1) is 11.3 Å². The lowest BCUT2D eigenvalue weighted by Crippen LogP contribution is -2.36. The Morgan fingerprint density at radius 1 is 1.38 bits per heavy atom. The highest BCUT2D eigenvalue weighted by Gasteiger charge is 2.18. The Morgan fingerprint density at radius 2 is 2.15 bits per heavy atom. The molecule has 0 atom stereocenters. The van der Waals surface area contributed by atoms with Crippen LogP contribution in [0.4, 0.5) is 5.69 Å². The van der Waals surface area contributed by atoms with Gasteiger partial charge in [-0.25, -0.2) is 4.79 Å². The SMILES string of the molecule is CCOC(=O)c1cc(-c2ccc(N3CCOCC3)c(C#N)c2)ncc1O. The maximum Gasteiger partial charge on any atom is 0.342 e. The van der Waals surface area contributed by atoms with Crippen LogP contribution in [0.15, 0.2) is 30.5 Å². The maximum absolute atomic E-state index is 12.0. The number of nitriles is 1. The van der Waals surface area contributed by atoms with Gasteiger partial charge in [0.05, 0.1) is 43.0 Å². The summed E-state index contributed by atoms with van der Waals surface area (Å²) in [5.74, 6) is -0.850. The first-order valence-electron chi connectivity index (χ1n) is 8.37. The number of nitrogens with zero attached hydrogens (tertiary/aromatic N) is 3. The van der Waals surface area contributed by atoms with Crippen molar-refractivity contribution in [1.82, 2.24) is 4.98 Å². The molecular formula is C19H19N3O4. The number of anilines is 1. The predicted molar refractivity (Wildman–Crippen MR) is 95.0 cm³/mol. The third-order valence-corrected chi connectivity index (χ3v) is 4.14. The highest BCUT2D eigenvalue weighted by atomic mass is 16.5. The average Bonchev–Trinajstić information content (AvgIpc) is 2.68. The van der Waals surface area contributed by atoms with Crippen molar-refractivity contribution in [3.05, 3.63) is 41.6 Å². The van der Waals surface area contributed by atoms with Crippen molar-refractivity contribution in [3.63, 3.8) is 0 Å². The normalized spacial score (nSPS) is 13.9. The molecule has 0 amide bonds. The van der Waals surface area contributed by atoms with Crippen molar-refractivity contribution >= 4 is 11.7 Å². The minimum Gasteiger partial charge on any atom is -0.505 e. The molecule has 0 spiro atoms. The van der Waals surface area contributed by atoms with E-state index in [-0.39, 0.29) is 17.9 Å². The molecule has 0 radical (unpaired) electrons. The summed E-state index contributed by atoms with van der Waals surface area (Å²) >= 11 is 0. The highest BCUT2D eigenvalue weighted by Crippen LogP contribution is 2.29. The molecule has 2 aromatic rings. The summed E-state index contributed by atoms with van der Waals surface area (Å²) in [6.45, 7) is 4.64. The van der Waals surface area contributed by atoms with E-state index >= 15 is 0 Å². The molecule has 2 heterocycles. The summed E-state index contributed by atoms with van der Waals surface area (Å²) in [6.07, 6.45) is 1.21. The Bertz CT molecular complexity index is 854. The lowest BCUT2D eigenvalue weighted by Gasteiger charge is -2.29. The Labute approximate surface area is 151 Å². The van der Waals surface area contributed by atoms with E-state index < -0.39 is 5.97 Å². The number of rotatable bonds is 4. The number of ether oxygens (including phenoxy) is 2. The quantitative estimate of drug-likeness (QED) is 0.843. The first-order chi connectivity index (χ1) is 12.6. The highest BCUT2D eigenvalue weighted by molar-refractivity contribution is 5.93. The van der Waals surface area contributed by atoms with E-state index in [0.29, 0.717) is 30.0 Å². The molecule has 3 rings (SSSR count). The van der Waals surface area contributed by atoms with E-state index in [1.807, 2.05) is 12.1 Å². The number of benzene rings is 1. The number of esters is 1. The number of aromatic hydroxyl groups is 1. The Balaban J connectivity index is 1.96. The fourth-order valence-electron chi connectivity index (χ4n) is 2.84. The third-order valence-electron chi connectivity index (χ3n) is 4.14. The van der Waals surface area contributed by atoms with Crippen molar-refractivity contribution in [2.24, 2.45) is 0 Å². The van der Waals surface area contributed by atoms with Gasteiger partial charge in [-0.2, -0.15) is 5.26 Å². The number of hydrogen-bond donors (Lipinski definition) is 1. The van der Waals surface area contributed by atoms with Crippen molar-refractivity contribution in [1.29, 1.82) is 5.26 Å². The van der Waals surface area contributed by atoms with Crippen molar-refractivity contribution in [2.75, 3.05) is 37.8 Å². The number of pyridine rings is 1. The molecule has 134 valence electrons. The van der Waals surface area contributed by atoms with Crippen LogP contribution in [0.3, 0.4) is 0 Å². The molecule has 1 fully saturated rings. The van der Waals surface area contributed by atoms with Gasteiger partial charge in [-0.1, -0.05) is 6.07 Å². The van der Waals surface area contributed by atoms with Gasteiger partial charge in [0.2, 0.25) is 0 Å². The lowest BCUT2D eigenvalue weighted by atomic mass is 10.0. The second-order valence-corrected chi connectivity index (χ2v) is 5.75. The topological polar surface area (TPSA) is 95.7 Å². The molecule has 0 saturated carbocycles. The summed E-state index contributed by atoms with van der Waals surface area (Å²) in [6, 6.07) is 9.15. The number of carbonyl (C=O) groups is 1. The first kappa shape index (κ1) is 17.7. The number of hydrogen-bond acceptors (Lipinski definition) is 7. The zero-order chi connectivity index (χ0) is 18.5. The van der Waals surface area contributed by atoms with Gasteiger partial charge >= 0.3 is 5.97 Å². The second kappa shape index (κ2) is 7.85. The van der Waals surface area contributed by atoms with Crippen LogP contribution in [0.5, 0.6) is 5.75 Å². The number of carbonyl (C=O) groups excluding carboxylic acids is 1. The van der Waals surface area contributed by atoms with Gasteiger partial charge in [-0.05, 0) is 25.1 Å². The summed E-state index contributed by atoms with van der Waals surface area (Å²) in [4.78, 5) is 18.2. The Kier molecular flexibility index (Phi) is 5.34. The zero-order valence-electron chi connectivity index (χ0n) is 14.4. The summed E-state index contributed by atoms with van der Waals surface area (Å²) < 4.78 is 10.3. The smallest absolute Gasteiger partial charge is 0.342 e. The lowest BCUT2D eigenvalue weighted by molar-refractivity contribution is 0.0523. The van der Waals surface area contributed by atoms with Crippen LogP contribution in [-0.2, 0) is 9.47 Å². The minimum absolute atomic E-state index is 0.0487. The summed E-state index contributed by atoms with van der Waals surface area (Å²) in [5.41, 5.74) is 2.59. The van der Waals surface area contributed by atoms with Crippen LogP contribution in [0.25, 0.3) is 11.3 Å². The summed E-state index contributed by atoms with van der Waals surface area (Å²) in [5, 5.41) is 19.4. The van der Waals surface area contributed by atoms with E-state index in [4.69, 9.17) is 9.47 Å². The van der Waals surface area contributed by atoms with Gasteiger partial charge in [0, 0.05) is 18.7 Å². The van der Waals surface area contributed by atoms with Crippen LogP contribution in [0.1, 0.15) is 22.8 Å². The molecule has 1 saturated heterocycles. The average molecular weight is 353 g/mol. The van der Waals surface area contributed by atoms with E-state index in [0.717, 1.165) is 18.8 Å². The fourth-order valence-corrected chi connectivity index (χ4v) is 2.84. The maximum atomic E-state index is 12.0. The molecule has 1 aromatic heterocycles. The molecule has 0 aliphatic carbocycles. The Hall–Kier alpha value is -3.11. The molecule has 7 heteroatoms. The van der Waals surface area contributed by atoms with Crippen LogP contribution >= 0.6 is 0 Å². The fraction of sp³-hybridized carbons (Fsp3) is 0.316. The molecule has 1 aliphatic heterocycles.